The highest BCUT2D eigenvalue weighted by atomic mass is 35.5. The topological polar surface area (TPSA) is 102 Å². The number of ether oxygens (including phenoxy) is 2. The van der Waals surface area contributed by atoms with Gasteiger partial charge in [0.1, 0.15) is 0 Å². The molecule has 9 heteroatoms. The van der Waals surface area contributed by atoms with Gasteiger partial charge in [-0.25, -0.2) is 4.79 Å². The summed E-state index contributed by atoms with van der Waals surface area (Å²) in [4.78, 5) is 50.1. The van der Waals surface area contributed by atoms with Crippen molar-refractivity contribution in [2.45, 2.75) is 19.8 Å². The summed E-state index contributed by atoms with van der Waals surface area (Å²) < 4.78 is 10.2. The predicted octanol–water partition coefficient (Wildman–Crippen LogP) is 3.44. The van der Waals surface area contributed by atoms with Crippen molar-refractivity contribution in [1.82, 2.24) is 0 Å². The highest BCUT2D eigenvalue weighted by molar-refractivity contribution is 6.30. The minimum Gasteiger partial charge on any atom is -0.462 e. The lowest BCUT2D eigenvalue weighted by Gasteiger charge is -2.17. The molecule has 1 saturated heterocycles. The van der Waals surface area contributed by atoms with Gasteiger partial charge >= 0.3 is 11.9 Å². The van der Waals surface area contributed by atoms with Crippen molar-refractivity contribution in [3.63, 3.8) is 0 Å². The fourth-order valence-electron chi connectivity index (χ4n) is 3.16. The van der Waals surface area contributed by atoms with Crippen LogP contribution in [0.2, 0.25) is 5.02 Å². The maximum Gasteiger partial charge on any atom is 0.338 e. The number of benzene rings is 2. The standard InChI is InChI=1S/C23H23ClN2O6/c1-2-11-31-22(29)15-3-9-19(10-4-15)26-13-16(12-21(26)28)23(30)32-14-20(27)25-18-7-5-17(24)6-8-18/h3-10,16H,2,11-14H2,1H3,(H,25,27)/t16-/m0/s1. The van der Waals surface area contributed by atoms with Gasteiger partial charge in [-0.1, -0.05) is 18.5 Å². The molecule has 1 N–H and O–H groups in total. The molecule has 0 radical (unpaired) electrons. The fourth-order valence-corrected chi connectivity index (χ4v) is 3.28. The molecule has 1 atom stereocenters. The van der Waals surface area contributed by atoms with Crippen LogP contribution in [0.3, 0.4) is 0 Å². The largest absolute Gasteiger partial charge is 0.462 e. The molecule has 1 heterocycles. The molecule has 2 aromatic carbocycles. The molecule has 2 amide bonds. The van der Waals surface area contributed by atoms with E-state index in [4.69, 9.17) is 21.1 Å². The summed E-state index contributed by atoms with van der Waals surface area (Å²) in [5.74, 6) is -2.46. The third-order valence-corrected chi connectivity index (χ3v) is 5.04. The number of hydrogen-bond donors (Lipinski definition) is 1. The number of anilines is 2. The Kier molecular flexibility index (Phi) is 7.83. The van der Waals surface area contributed by atoms with Crippen molar-refractivity contribution in [3.8, 4) is 0 Å². The Morgan fingerprint density at radius 2 is 1.75 bits per heavy atom. The first-order chi connectivity index (χ1) is 15.4. The molecular formula is C23H23ClN2O6. The van der Waals surface area contributed by atoms with E-state index in [2.05, 4.69) is 5.32 Å². The molecular weight excluding hydrogens is 436 g/mol. The second-order valence-electron chi connectivity index (χ2n) is 7.25. The third-order valence-electron chi connectivity index (χ3n) is 4.78. The van der Waals surface area contributed by atoms with Crippen LogP contribution in [0.25, 0.3) is 0 Å². The van der Waals surface area contributed by atoms with E-state index in [1.165, 1.54) is 4.90 Å². The Balaban J connectivity index is 1.51. The van der Waals surface area contributed by atoms with Crippen LogP contribution in [0.4, 0.5) is 11.4 Å². The van der Waals surface area contributed by atoms with Gasteiger partial charge in [-0.3, -0.25) is 14.4 Å². The van der Waals surface area contributed by atoms with E-state index in [-0.39, 0.29) is 18.9 Å². The van der Waals surface area contributed by atoms with E-state index in [1.54, 1.807) is 48.5 Å². The Bertz CT molecular complexity index is 991. The number of nitrogens with zero attached hydrogens (tertiary/aromatic N) is 1. The average molecular weight is 459 g/mol. The number of halogens is 1. The van der Waals surface area contributed by atoms with Gasteiger partial charge in [0.15, 0.2) is 6.61 Å². The molecule has 1 aliphatic heterocycles. The van der Waals surface area contributed by atoms with Crippen LogP contribution in [0.1, 0.15) is 30.1 Å². The zero-order valence-electron chi connectivity index (χ0n) is 17.5. The van der Waals surface area contributed by atoms with E-state index in [1.807, 2.05) is 6.92 Å². The molecule has 3 rings (SSSR count). The smallest absolute Gasteiger partial charge is 0.338 e. The summed E-state index contributed by atoms with van der Waals surface area (Å²) in [5, 5.41) is 3.13. The summed E-state index contributed by atoms with van der Waals surface area (Å²) >= 11 is 5.80. The number of carbonyl (C=O) groups excluding carboxylic acids is 4. The number of esters is 2. The first-order valence-electron chi connectivity index (χ1n) is 10.2. The molecule has 168 valence electrons. The Hall–Kier alpha value is -3.39. The monoisotopic (exact) mass is 458 g/mol. The van der Waals surface area contributed by atoms with Crippen molar-refractivity contribution in [2.24, 2.45) is 5.92 Å². The summed E-state index contributed by atoms with van der Waals surface area (Å²) in [6.07, 6.45) is 0.713. The maximum absolute atomic E-state index is 12.4. The molecule has 0 saturated carbocycles. The summed E-state index contributed by atoms with van der Waals surface area (Å²) in [7, 11) is 0. The van der Waals surface area contributed by atoms with Crippen LogP contribution in [0.15, 0.2) is 48.5 Å². The molecule has 1 aliphatic rings. The number of hydrogen-bond acceptors (Lipinski definition) is 6. The third kappa shape index (κ3) is 6.07. The molecule has 32 heavy (non-hydrogen) atoms. The number of rotatable bonds is 8. The van der Waals surface area contributed by atoms with Gasteiger partial charge in [0, 0.05) is 29.4 Å². The summed E-state index contributed by atoms with van der Waals surface area (Å²) in [6.45, 7) is 1.92. The zero-order valence-corrected chi connectivity index (χ0v) is 18.3. The van der Waals surface area contributed by atoms with Crippen molar-refractivity contribution < 1.29 is 28.7 Å². The normalized spacial score (nSPS) is 15.4. The van der Waals surface area contributed by atoms with Gasteiger partial charge in [0.2, 0.25) is 5.91 Å². The fraction of sp³-hybridized carbons (Fsp3) is 0.304. The Morgan fingerprint density at radius 3 is 2.41 bits per heavy atom. The van der Waals surface area contributed by atoms with Crippen molar-refractivity contribution in [2.75, 3.05) is 30.0 Å². The first kappa shape index (κ1) is 23.3. The first-order valence-corrected chi connectivity index (χ1v) is 10.5. The molecule has 1 fully saturated rings. The minimum atomic E-state index is -0.681. The van der Waals surface area contributed by atoms with Gasteiger partial charge in [0.25, 0.3) is 5.91 Å². The zero-order chi connectivity index (χ0) is 23.1. The van der Waals surface area contributed by atoms with Crippen LogP contribution < -0.4 is 10.2 Å². The van der Waals surface area contributed by atoms with Crippen molar-refractivity contribution in [1.29, 1.82) is 0 Å². The quantitative estimate of drug-likeness (QED) is 0.608. The van der Waals surface area contributed by atoms with Crippen LogP contribution in [0, 0.1) is 5.92 Å². The minimum absolute atomic E-state index is 0.0159. The predicted molar refractivity (Wildman–Crippen MR) is 119 cm³/mol. The number of amides is 2. The van der Waals surface area contributed by atoms with Crippen molar-refractivity contribution >= 4 is 46.7 Å². The molecule has 8 nitrogen and oxygen atoms in total. The molecule has 0 spiro atoms. The number of nitrogens with one attached hydrogen (secondary N) is 1. The summed E-state index contributed by atoms with van der Waals surface area (Å²) in [5.41, 5.74) is 1.48. The van der Waals surface area contributed by atoms with Crippen LogP contribution in [0.5, 0.6) is 0 Å². The van der Waals surface area contributed by atoms with Crippen LogP contribution in [-0.2, 0) is 23.9 Å². The van der Waals surface area contributed by atoms with Gasteiger partial charge in [-0.05, 0) is 55.0 Å². The van der Waals surface area contributed by atoms with Gasteiger partial charge < -0.3 is 19.7 Å². The van der Waals surface area contributed by atoms with Crippen molar-refractivity contribution in [3.05, 3.63) is 59.1 Å². The molecule has 0 bridgehead atoms. The van der Waals surface area contributed by atoms with Gasteiger partial charge in [-0.15, -0.1) is 0 Å². The Morgan fingerprint density at radius 1 is 1.06 bits per heavy atom. The second kappa shape index (κ2) is 10.8. The Labute approximate surface area is 190 Å². The lowest BCUT2D eigenvalue weighted by Crippen LogP contribution is -2.28. The molecule has 0 aliphatic carbocycles. The number of carbonyl (C=O) groups is 4. The SMILES string of the molecule is CCCOC(=O)c1ccc(N2C[C@@H](C(=O)OCC(=O)Nc3ccc(Cl)cc3)CC2=O)cc1. The van der Waals surface area contributed by atoms with E-state index >= 15 is 0 Å². The van der Waals surface area contributed by atoms with E-state index < -0.39 is 30.4 Å². The van der Waals surface area contributed by atoms with Gasteiger partial charge in [0.05, 0.1) is 18.1 Å². The van der Waals surface area contributed by atoms with E-state index in [0.29, 0.717) is 28.6 Å². The lowest BCUT2D eigenvalue weighted by atomic mass is 10.1. The molecule has 2 aromatic rings. The lowest BCUT2D eigenvalue weighted by molar-refractivity contribution is -0.151. The van der Waals surface area contributed by atoms with E-state index in [0.717, 1.165) is 6.42 Å². The highest BCUT2D eigenvalue weighted by Crippen LogP contribution is 2.26. The summed E-state index contributed by atoms with van der Waals surface area (Å²) in [6, 6.07) is 12.9. The van der Waals surface area contributed by atoms with Crippen LogP contribution >= 0.6 is 11.6 Å². The molecule has 0 unspecified atom stereocenters. The maximum atomic E-state index is 12.4. The van der Waals surface area contributed by atoms with Gasteiger partial charge in [-0.2, -0.15) is 0 Å². The average Bonchev–Trinajstić information content (AvgIpc) is 3.19. The van der Waals surface area contributed by atoms with E-state index in [9.17, 15) is 19.2 Å². The molecule has 0 aromatic heterocycles. The van der Waals surface area contributed by atoms with Crippen LogP contribution in [-0.4, -0.2) is 43.5 Å². The highest BCUT2D eigenvalue weighted by Gasteiger charge is 2.36. The second-order valence-corrected chi connectivity index (χ2v) is 7.69.